The van der Waals surface area contributed by atoms with Gasteiger partial charge in [0.25, 0.3) is 0 Å². The largest absolute Gasteiger partial charge is 0.381 e. The van der Waals surface area contributed by atoms with Gasteiger partial charge in [-0.25, -0.2) is 0 Å². The zero-order valence-electron chi connectivity index (χ0n) is 10.6. The minimum absolute atomic E-state index is 0.138. The summed E-state index contributed by atoms with van der Waals surface area (Å²) in [4.78, 5) is 11.7. The Morgan fingerprint density at radius 2 is 2.18 bits per heavy atom. The van der Waals surface area contributed by atoms with Gasteiger partial charge >= 0.3 is 0 Å². The molecule has 0 fully saturated rings. The molecule has 0 atom stereocenters. The molecule has 0 radical (unpaired) electrons. The third-order valence-electron chi connectivity index (χ3n) is 2.52. The normalized spacial score (nSPS) is 10.8. The van der Waals surface area contributed by atoms with E-state index in [2.05, 4.69) is 5.10 Å². The van der Waals surface area contributed by atoms with Crippen molar-refractivity contribution in [2.45, 2.75) is 33.1 Å². The van der Waals surface area contributed by atoms with Gasteiger partial charge in [-0.3, -0.25) is 9.48 Å². The molecule has 0 aliphatic carbocycles. The molecule has 4 nitrogen and oxygen atoms in total. The third kappa shape index (κ3) is 4.13. The van der Waals surface area contributed by atoms with Crippen LogP contribution in [0.4, 0.5) is 0 Å². The zero-order valence-corrected chi connectivity index (χ0v) is 11.4. The number of Topliss-reactive ketones (excluding diaryl/α,β-unsaturated/α-hetero) is 1. The number of halogens is 1. The molecule has 0 saturated carbocycles. The third-order valence-corrected chi connectivity index (χ3v) is 2.99. The SMILES string of the molecule is CCCOCCC(=O)Cc1c(C)nn(C)c1Cl. The summed E-state index contributed by atoms with van der Waals surface area (Å²) in [6.07, 6.45) is 1.75. The van der Waals surface area contributed by atoms with Crippen molar-refractivity contribution in [3.8, 4) is 0 Å². The van der Waals surface area contributed by atoms with Crippen LogP contribution in [0.1, 0.15) is 31.0 Å². The van der Waals surface area contributed by atoms with Gasteiger partial charge in [0.05, 0.1) is 12.3 Å². The molecule has 0 amide bonds. The maximum Gasteiger partial charge on any atom is 0.139 e. The van der Waals surface area contributed by atoms with Gasteiger partial charge in [-0.05, 0) is 13.3 Å². The van der Waals surface area contributed by atoms with Gasteiger partial charge in [-0.15, -0.1) is 0 Å². The first-order valence-electron chi connectivity index (χ1n) is 5.83. The molecule has 1 heterocycles. The predicted octanol–water partition coefficient (Wildman–Crippen LogP) is 2.31. The van der Waals surface area contributed by atoms with E-state index in [4.69, 9.17) is 16.3 Å². The fourth-order valence-corrected chi connectivity index (χ4v) is 1.83. The van der Waals surface area contributed by atoms with Crippen LogP contribution in [0, 0.1) is 6.92 Å². The van der Waals surface area contributed by atoms with Gasteiger partial charge in [0, 0.05) is 32.1 Å². The van der Waals surface area contributed by atoms with E-state index in [1.54, 1.807) is 11.7 Å². The summed E-state index contributed by atoms with van der Waals surface area (Å²) in [5.41, 5.74) is 1.65. The van der Waals surface area contributed by atoms with E-state index in [1.807, 2.05) is 13.8 Å². The smallest absolute Gasteiger partial charge is 0.139 e. The lowest BCUT2D eigenvalue weighted by Crippen LogP contribution is -2.08. The first-order valence-corrected chi connectivity index (χ1v) is 6.21. The second-order valence-corrected chi connectivity index (χ2v) is 4.41. The molecule has 1 aromatic rings. The highest BCUT2D eigenvalue weighted by atomic mass is 35.5. The summed E-state index contributed by atoms with van der Waals surface area (Å²) in [6.45, 7) is 5.10. The minimum atomic E-state index is 0.138. The molecule has 0 aliphatic rings. The Kier molecular flexibility index (Phi) is 5.65. The Balaban J connectivity index is 2.45. The monoisotopic (exact) mass is 258 g/mol. The van der Waals surface area contributed by atoms with Crippen LogP contribution in [-0.2, 0) is 23.0 Å². The molecule has 0 bridgehead atoms. The van der Waals surface area contributed by atoms with E-state index in [0.717, 1.165) is 17.7 Å². The number of hydrogen-bond donors (Lipinski definition) is 0. The lowest BCUT2D eigenvalue weighted by atomic mass is 10.1. The molecule has 17 heavy (non-hydrogen) atoms. The van der Waals surface area contributed by atoms with Gasteiger partial charge < -0.3 is 4.74 Å². The maximum atomic E-state index is 11.7. The lowest BCUT2D eigenvalue weighted by molar-refractivity contribution is -0.119. The van der Waals surface area contributed by atoms with Crippen molar-refractivity contribution in [3.63, 3.8) is 0 Å². The van der Waals surface area contributed by atoms with Crippen LogP contribution in [0.2, 0.25) is 5.15 Å². The highest BCUT2D eigenvalue weighted by Gasteiger charge is 2.14. The average molecular weight is 259 g/mol. The number of ketones is 1. The highest BCUT2D eigenvalue weighted by molar-refractivity contribution is 6.30. The quantitative estimate of drug-likeness (QED) is 0.705. The van der Waals surface area contributed by atoms with Crippen LogP contribution in [0.25, 0.3) is 0 Å². The Bertz CT molecular complexity index is 388. The van der Waals surface area contributed by atoms with Crippen molar-refractivity contribution in [2.24, 2.45) is 7.05 Å². The molecule has 1 rings (SSSR count). The van der Waals surface area contributed by atoms with Gasteiger partial charge in [0.1, 0.15) is 10.9 Å². The summed E-state index contributed by atoms with van der Waals surface area (Å²) in [7, 11) is 1.77. The standard InChI is InChI=1S/C12H19ClN2O2/c1-4-6-17-7-5-10(16)8-11-9(2)14-15(3)12(11)13/h4-8H2,1-3H3. The maximum absolute atomic E-state index is 11.7. The summed E-state index contributed by atoms with van der Waals surface area (Å²) in [6, 6.07) is 0. The van der Waals surface area contributed by atoms with E-state index in [1.165, 1.54) is 0 Å². The number of aromatic nitrogens is 2. The second kappa shape index (κ2) is 6.77. The van der Waals surface area contributed by atoms with Crippen LogP contribution in [-0.4, -0.2) is 28.8 Å². The summed E-state index contributed by atoms with van der Waals surface area (Å²) < 4.78 is 6.87. The van der Waals surface area contributed by atoms with Crippen molar-refractivity contribution in [1.82, 2.24) is 9.78 Å². The van der Waals surface area contributed by atoms with Crippen molar-refractivity contribution >= 4 is 17.4 Å². The molecular formula is C12H19ClN2O2. The van der Waals surface area contributed by atoms with Crippen molar-refractivity contribution < 1.29 is 9.53 Å². The topological polar surface area (TPSA) is 44.1 Å². The molecule has 0 spiro atoms. The van der Waals surface area contributed by atoms with Gasteiger partial charge in [-0.2, -0.15) is 5.10 Å². The molecule has 0 aliphatic heterocycles. The fourth-order valence-electron chi connectivity index (χ4n) is 1.59. The van der Waals surface area contributed by atoms with Crippen LogP contribution in [0.15, 0.2) is 0 Å². The Morgan fingerprint density at radius 3 is 2.71 bits per heavy atom. The molecule has 1 aromatic heterocycles. The number of ether oxygens (including phenoxy) is 1. The summed E-state index contributed by atoms with van der Waals surface area (Å²) in [5, 5.41) is 4.72. The van der Waals surface area contributed by atoms with Crippen molar-refractivity contribution in [2.75, 3.05) is 13.2 Å². The Morgan fingerprint density at radius 1 is 1.47 bits per heavy atom. The molecule has 5 heteroatoms. The number of nitrogens with zero attached hydrogens (tertiary/aromatic N) is 2. The van der Waals surface area contributed by atoms with Crippen LogP contribution >= 0.6 is 11.6 Å². The summed E-state index contributed by atoms with van der Waals surface area (Å²) >= 11 is 6.06. The van der Waals surface area contributed by atoms with Crippen molar-refractivity contribution in [3.05, 3.63) is 16.4 Å². The van der Waals surface area contributed by atoms with E-state index in [0.29, 0.717) is 31.2 Å². The lowest BCUT2D eigenvalue weighted by Gasteiger charge is -2.02. The fraction of sp³-hybridized carbons (Fsp3) is 0.667. The minimum Gasteiger partial charge on any atom is -0.381 e. The van der Waals surface area contributed by atoms with Crippen LogP contribution < -0.4 is 0 Å². The molecule has 0 saturated heterocycles. The van der Waals surface area contributed by atoms with E-state index in [-0.39, 0.29) is 5.78 Å². The molecule has 0 aromatic carbocycles. The average Bonchev–Trinajstić information content (AvgIpc) is 2.52. The first kappa shape index (κ1) is 14.2. The van der Waals surface area contributed by atoms with Gasteiger partial charge in [0.15, 0.2) is 0 Å². The zero-order chi connectivity index (χ0) is 12.8. The number of aryl methyl sites for hydroxylation is 2. The van der Waals surface area contributed by atoms with Crippen molar-refractivity contribution in [1.29, 1.82) is 0 Å². The molecule has 0 unspecified atom stereocenters. The predicted molar refractivity (Wildman–Crippen MR) is 67.4 cm³/mol. The summed E-state index contributed by atoms with van der Waals surface area (Å²) in [5.74, 6) is 0.138. The van der Waals surface area contributed by atoms with Gasteiger partial charge in [-0.1, -0.05) is 18.5 Å². The van der Waals surface area contributed by atoms with Crippen LogP contribution in [0.5, 0.6) is 0 Å². The molecular weight excluding hydrogens is 240 g/mol. The molecule has 0 N–H and O–H groups in total. The Hall–Kier alpha value is -0.870. The molecule has 96 valence electrons. The Labute approximate surface area is 107 Å². The second-order valence-electron chi connectivity index (χ2n) is 4.06. The number of carbonyl (C=O) groups is 1. The number of hydrogen-bond acceptors (Lipinski definition) is 3. The number of rotatable bonds is 7. The van der Waals surface area contributed by atoms with Crippen LogP contribution in [0.3, 0.4) is 0 Å². The first-order chi connectivity index (χ1) is 8.06. The van der Waals surface area contributed by atoms with E-state index < -0.39 is 0 Å². The van der Waals surface area contributed by atoms with E-state index in [9.17, 15) is 4.79 Å². The van der Waals surface area contributed by atoms with Gasteiger partial charge in [0.2, 0.25) is 0 Å². The highest BCUT2D eigenvalue weighted by Crippen LogP contribution is 2.19. The number of carbonyl (C=O) groups excluding carboxylic acids is 1. The van der Waals surface area contributed by atoms with E-state index >= 15 is 0 Å².